The lowest BCUT2D eigenvalue weighted by Crippen LogP contribution is -2.35. The monoisotopic (exact) mass is 392 g/mol. The zero-order valence-electron chi connectivity index (χ0n) is 19.7. The molecule has 0 heterocycles. The number of rotatable bonds is 6. The highest BCUT2D eigenvalue weighted by Gasteiger charge is 2.40. The highest BCUT2D eigenvalue weighted by molar-refractivity contribution is 5.58. The van der Waals surface area contributed by atoms with Gasteiger partial charge in [-0.3, -0.25) is 0 Å². The number of nitrogens with zero attached hydrogens (tertiary/aromatic N) is 2. The van der Waals surface area contributed by atoms with Gasteiger partial charge in [0.25, 0.3) is 0 Å². The Bertz CT molecular complexity index is 779. The molecule has 2 heteroatoms. The number of benzene rings is 2. The van der Waals surface area contributed by atoms with Crippen LogP contribution in [0.4, 0.5) is 11.4 Å². The van der Waals surface area contributed by atoms with Crippen molar-refractivity contribution in [1.82, 2.24) is 0 Å². The molecule has 0 saturated heterocycles. The number of aryl methyl sites for hydroxylation is 2. The smallest absolute Gasteiger partial charge is 0.0366 e. The van der Waals surface area contributed by atoms with E-state index in [1.54, 1.807) is 0 Å². The average Bonchev–Trinajstić information content (AvgIpc) is 2.72. The Hall–Kier alpha value is -1.96. The van der Waals surface area contributed by atoms with E-state index in [4.69, 9.17) is 0 Å². The van der Waals surface area contributed by atoms with Crippen molar-refractivity contribution in [2.75, 3.05) is 37.0 Å². The maximum atomic E-state index is 2.44. The minimum absolute atomic E-state index is 0.137. The average molecular weight is 393 g/mol. The van der Waals surface area contributed by atoms with Crippen molar-refractivity contribution in [1.29, 1.82) is 0 Å². The largest absolute Gasteiger partial charge is 0.375 e. The van der Waals surface area contributed by atoms with Crippen LogP contribution >= 0.6 is 0 Å². The summed E-state index contributed by atoms with van der Waals surface area (Å²) >= 11 is 0. The first-order valence-corrected chi connectivity index (χ1v) is 11.5. The summed E-state index contributed by atoms with van der Waals surface area (Å²) in [5, 5.41) is 0. The molecule has 0 aromatic heterocycles. The molecule has 0 N–H and O–H groups in total. The van der Waals surface area contributed by atoms with E-state index in [2.05, 4.69) is 94.9 Å². The van der Waals surface area contributed by atoms with Crippen molar-refractivity contribution in [2.45, 2.75) is 65.7 Å². The maximum absolute atomic E-state index is 2.44. The first kappa shape index (κ1) is 21.7. The van der Waals surface area contributed by atoms with Gasteiger partial charge in [0.2, 0.25) is 0 Å². The summed E-state index contributed by atoms with van der Waals surface area (Å²) in [6, 6.07) is 14.3. The molecule has 1 unspecified atom stereocenters. The molecule has 3 rings (SSSR count). The molecule has 1 saturated carbocycles. The van der Waals surface area contributed by atoms with E-state index in [1.807, 2.05) is 0 Å². The topological polar surface area (TPSA) is 6.48 Å². The number of hydrogen-bond acceptors (Lipinski definition) is 2. The SMILES string of the molecule is CCN(C)c1ccc(C2(c3ccc(N(C)CC)cc3C)CCCC(C)C2)c(C)c1. The van der Waals surface area contributed by atoms with Gasteiger partial charge in [-0.25, -0.2) is 0 Å². The van der Waals surface area contributed by atoms with E-state index in [-0.39, 0.29) is 5.41 Å². The first-order valence-electron chi connectivity index (χ1n) is 11.5. The van der Waals surface area contributed by atoms with Crippen molar-refractivity contribution >= 4 is 11.4 Å². The molecule has 2 nitrogen and oxygen atoms in total. The van der Waals surface area contributed by atoms with E-state index in [0.29, 0.717) is 0 Å². The van der Waals surface area contributed by atoms with Gasteiger partial charge in [0.1, 0.15) is 0 Å². The number of hydrogen-bond donors (Lipinski definition) is 0. The van der Waals surface area contributed by atoms with Crippen molar-refractivity contribution in [2.24, 2.45) is 5.92 Å². The second kappa shape index (κ2) is 8.81. The third-order valence-corrected chi connectivity index (χ3v) is 7.28. The zero-order chi connectivity index (χ0) is 21.2. The van der Waals surface area contributed by atoms with Crippen LogP contribution in [-0.2, 0) is 5.41 Å². The molecule has 0 aliphatic heterocycles. The quantitative estimate of drug-likeness (QED) is 0.539. The highest BCUT2D eigenvalue weighted by Crippen LogP contribution is 2.49. The van der Waals surface area contributed by atoms with E-state index in [1.165, 1.54) is 59.3 Å². The fourth-order valence-corrected chi connectivity index (χ4v) is 5.40. The summed E-state index contributed by atoms with van der Waals surface area (Å²) in [6.07, 6.45) is 5.17. The van der Waals surface area contributed by atoms with Gasteiger partial charge in [0, 0.05) is 44.0 Å². The summed E-state index contributed by atoms with van der Waals surface area (Å²) in [6.45, 7) is 13.6. The highest BCUT2D eigenvalue weighted by atomic mass is 15.1. The van der Waals surface area contributed by atoms with Gasteiger partial charge < -0.3 is 9.80 Å². The molecule has 158 valence electrons. The van der Waals surface area contributed by atoms with Crippen LogP contribution in [0.15, 0.2) is 36.4 Å². The van der Waals surface area contributed by atoms with Gasteiger partial charge in [0.15, 0.2) is 0 Å². The van der Waals surface area contributed by atoms with Gasteiger partial charge in [-0.1, -0.05) is 31.9 Å². The molecule has 1 atom stereocenters. The van der Waals surface area contributed by atoms with Crippen LogP contribution in [0.25, 0.3) is 0 Å². The predicted molar refractivity (Wildman–Crippen MR) is 129 cm³/mol. The predicted octanol–water partition coefficient (Wildman–Crippen LogP) is 6.71. The summed E-state index contributed by atoms with van der Waals surface area (Å²) in [7, 11) is 4.36. The van der Waals surface area contributed by atoms with Crippen LogP contribution in [-0.4, -0.2) is 27.2 Å². The van der Waals surface area contributed by atoms with E-state index in [9.17, 15) is 0 Å². The lowest BCUT2D eigenvalue weighted by atomic mass is 9.61. The van der Waals surface area contributed by atoms with E-state index in [0.717, 1.165) is 19.0 Å². The van der Waals surface area contributed by atoms with Gasteiger partial charge >= 0.3 is 0 Å². The lowest BCUT2D eigenvalue weighted by Gasteiger charge is -2.43. The third-order valence-electron chi connectivity index (χ3n) is 7.28. The number of anilines is 2. The van der Waals surface area contributed by atoms with Gasteiger partial charge in [-0.05, 0) is 93.0 Å². The van der Waals surface area contributed by atoms with E-state index >= 15 is 0 Å². The van der Waals surface area contributed by atoms with Crippen LogP contribution in [0.1, 0.15) is 68.7 Å². The molecular weight excluding hydrogens is 352 g/mol. The normalized spacial score (nSPS) is 18.5. The Balaban J connectivity index is 2.13. The molecule has 1 fully saturated rings. The second-order valence-corrected chi connectivity index (χ2v) is 9.31. The van der Waals surface area contributed by atoms with Crippen LogP contribution in [0.5, 0.6) is 0 Å². The molecule has 0 spiro atoms. The molecule has 0 bridgehead atoms. The molecule has 2 aromatic rings. The van der Waals surface area contributed by atoms with Crippen LogP contribution in [0.2, 0.25) is 0 Å². The van der Waals surface area contributed by atoms with Crippen molar-refractivity contribution < 1.29 is 0 Å². The minimum atomic E-state index is 0.137. The molecule has 0 amide bonds. The Kier molecular flexibility index (Phi) is 6.61. The maximum Gasteiger partial charge on any atom is 0.0366 e. The van der Waals surface area contributed by atoms with Crippen molar-refractivity contribution in [3.05, 3.63) is 58.7 Å². The minimum Gasteiger partial charge on any atom is -0.375 e. The summed E-state index contributed by atoms with van der Waals surface area (Å²) in [4.78, 5) is 4.65. The van der Waals surface area contributed by atoms with Crippen molar-refractivity contribution in [3.63, 3.8) is 0 Å². The van der Waals surface area contributed by atoms with Crippen molar-refractivity contribution in [3.8, 4) is 0 Å². The summed E-state index contributed by atoms with van der Waals surface area (Å²) < 4.78 is 0. The standard InChI is InChI=1S/C27H40N2/c1-8-28(6)23-12-14-25(21(4)17-23)27(16-10-11-20(3)19-27)26-15-13-24(18-22(26)5)29(7)9-2/h12-15,17-18,20H,8-11,16,19H2,1-7H3. The second-order valence-electron chi connectivity index (χ2n) is 9.31. The van der Waals surface area contributed by atoms with Crippen LogP contribution in [0, 0.1) is 19.8 Å². The van der Waals surface area contributed by atoms with Crippen LogP contribution < -0.4 is 9.80 Å². The molecule has 1 aliphatic rings. The summed E-state index contributed by atoms with van der Waals surface area (Å²) in [5.41, 5.74) is 8.73. The molecule has 2 aromatic carbocycles. The van der Waals surface area contributed by atoms with Gasteiger partial charge in [-0.2, -0.15) is 0 Å². The summed E-state index contributed by atoms with van der Waals surface area (Å²) in [5.74, 6) is 0.763. The Morgan fingerprint density at radius 1 is 0.862 bits per heavy atom. The Morgan fingerprint density at radius 2 is 1.34 bits per heavy atom. The van der Waals surface area contributed by atoms with Gasteiger partial charge in [-0.15, -0.1) is 0 Å². The van der Waals surface area contributed by atoms with E-state index < -0.39 is 0 Å². The first-order chi connectivity index (χ1) is 13.8. The Labute approximate surface area is 178 Å². The zero-order valence-corrected chi connectivity index (χ0v) is 19.7. The Morgan fingerprint density at radius 3 is 1.72 bits per heavy atom. The third kappa shape index (κ3) is 4.17. The fourth-order valence-electron chi connectivity index (χ4n) is 5.40. The molecular formula is C27H40N2. The molecule has 0 radical (unpaired) electrons. The van der Waals surface area contributed by atoms with Gasteiger partial charge in [0.05, 0.1) is 0 Å². The fraction of sp³-hybridized carbons (Fsp3) is 0.556. The molecule has 29 heavy (non-hydrogen) atoms. The lowest BCUT2D eigenvalue weighted by molar-refractivity contribution is 0.271. The molecule has 1 aliphatic carbocycles. The van der Waals surface area contributed by atoms with Crippen LogP contribution in [0.3, 0.4) is 0 Å².